The van der Waals surface area contributed by atoms with Gasteiger partial charge < -0.3 is 15.7 Å². The van der Waals surface area contributed by atoms with E-state index in [1.165, 1.54) is 12.1 Å². The summed E-state index contributed by atoms with van der Waals surface area (Å²) in [5.74, 6) is -0.703. The topological polar surface area (TPSA) is 111 Å². The monoisotopic (exact) mass is 299 g/mol. The molecule has 0 atom stereocenters. The number of nitrogens with two attached hydrogens (primary N) is 1. The molecule has 1 rings (SSSR count). The summed E-state index contributed by atoms with van der Waals surface area (Å²) < 4.78 is 18.8. The molecule has 0 saturated carbocycles. The van der Waals surface area contributed by atoms with E-state index in [-0.39, 0.29) is 23.9 Å². The van der Waals surface area contributed by atoms with Gasteiger partial charge in [0.05, 0.1) is 17.6 Å². The molecule has 116 valence electrons. The first kappa shape index (κ1) is 16.7. The third kappa shape index (κ3) is 4.59. The minimum atomic E-state index is -0.778. The summed E-state index contributed by atoms with van der Waals surface area (Å²) in [7, 11) is 0. The smallest absolute Gasteiger partial charge is 0.272 e. The van der Waals surface area contributed by atoms with Crippen LogP contribution in [0, 0.1) is 21.3 Å². The SMILES string of the molecule is CC(C)(CCCOc1ccc([N+](=O)[O-])cc1F)C(N)=NO. The van der Waals surface area contributed by atoms with Crippen molar-refractivity contribution in [3.63, 3.8) is 0 Å². The van der Waals surface area contributed by atoms with Crippen molar-refractivity contribution in [1.82, 2.24) is 0 Å². The molecule has 0 aromatic heterocycles. The number of ether oxygens (including phenoxy) is 1. The zero-order chi connectivity index (χ0) is 16.0. The molecule has 0 amide bonds. The molecular weight excluding hydrogens is 281 g/mol. The number of nitro groups is 1. The molecule has 0 radical (unpaired) electrons. The van der Waals surface area contributed by atoms with Gasteiger partial charge in [0, 0.05) is 11.5 Å². The number of oxime groups is 1. The highest BCUT2D eigenvalue weighted by molar-refractivity contribution is 5.85. The summed E-state index contributed by atoms with van der Waals surface area (Å²) in [6, 6.07) is 3.22. The molecule has 0 aliphatic carbocycles. The highest BCUT2D eigenvalue weighted by Crippen LogP contribution is 2.25. The second-order valence-corrected chi connectivity index (χ2v) is 5.19. The molecule has 1 aromatic rings. The quantitative estimate of drug-likeness (QED) is 0.201. The zero-order valence-electron chi connectivity index (χ0n) is 11.9. The predicted molar refractivity (Wildman–Crippen MR) is 75.0 cm³/mol. The van der Waals surface area contributed by atoms with Crippen molar-refractivity contribution >= 4 is 11.5 Å². The average Bonchev–Trinajstić information content (AvgIpc) is 2.43. The first-order valence-electron chi connectivity index (χ1n) is 6.32. The molecule has 0 fully saturated rings. The maximum atomic E-state index is 13.6. The van der Waals surface area contributed by atoms with Crippen molar-refractivity contribution in [2.24, 2.45) is 16.3 Å². The summed E-state index contributed by atoms with van der Waals surface area (Å²) >= 11 is 0. The molecule has 21 heavy (non-hydrogen) atoms. The Hall–Kier alpha value is -2.38. The molecule has 0 heterocycles. The molecule has 7 nitrogen and oxygen atoms in total. The molecule has 0 spiro atoms. The summed E-state index contributed by atoms with van der Waals surface area (Å²) in [6.07, 6.45) is 1.14. The number of rotatable bonds is 7. The number of hydrogen-bond acceptors (Lipinski definition) is 5. The van der Waals surface area contributed by atoms with Gasteiger partial charge in [-0.2, -0.15) is 0 Å². The molecule has 0 aliphatic heterocycles. The lowest BCUT2D eigenvalue weighted by atomic mass is 9.87. The highest BCUT2D eigenvalue weighted by atomic mass is 19.1. The molecule has 0 saturated heterocycles. The number of hydrogen-bond donors (Lipinski definition) is 2. The summed E-state index contributed by atoms with van der Waals surface area (Å²) in [5.41, 5.74) is 4.73. The van der Waals surface area contributed by atoms with E-state index in [1.807, 2.05) is 13.8 Å². The van der Waals surface area contributed by atoms with Crippen LogP contribution in [0.1, 0.15) is 26.7 Å². The fourth-order valence-corrected chi connectivity index (χ4v) is 1.68. The molecular formula is C13H18FN3O4. The second kappa shape index (κ2) is 6.87. The predicted octanol–water partition coefficient (Wildman–Crippen LogP) is 2.67. The van der Waals surface area contributed by atoms with E-state index < -0.39 is 16.2 Å². The van der Waals surface area contributed by atoms with Gasteiger partial charge in [-0.25, -0.2) is 4.39 Å². The van der Waals surface area contributed by atoms with Gasteiger partial charge in [0.15, 0.2) is 11.6 Å². The third-order valence-corrected chi connectivity index (χ3v) is 3.13. The Bertz CT molecular complexity index is 546. The van der Waals surface area contributed by atoms with E-state index in [0.29, 0.717) is 12.8 Å². The molecule has 8 heteroatoms. The summed E-state index contributed by atoms with van der Waals surface area (Å²) in [6.45, 7) is 3.85. The largest absolute Gasteiger partial charge is 0.491 e. The number of nitrogens with zero attached hydrogens (tertiary/aromatic N) is 2. The van der Waals surface area contributed by atoms with E-state index >= 15 is 0 Å². The van der Waals surface area contributed by atoms with Crippen LogP contribution in [0.25, 0.3) is 0 Å². The molecule has 0 aliphatic rings. The Morgan fingerprint density at radius 3 is 2.76 bits per heavy atom. The van der Waals surface area contributed by atoms with Crippen LogP contribution in [0.5, 0.6) is 5.75 Å². The van der Waals surface area contributed by atoms with Gasteiger partial charge >= 0.3 is 0 Å². The lowest BCUT2D eigenvalue weighted by molar-refractivity contribution is -0.385. The van der Waals surface area contributed by atoms with E-state index in [2.05, 4.69) is 5.16 Å². The lowest BCUT2D eigenvalue weighted by Crippen LogP contribution is -2.32. The Labute approximate surface area is 121 Å². The van der Waals surface area contributed by atoms with Crippen LogP contribution in [-0.2, 0) is 0 Å². The van der Waals surface area contributed by atoms with E-state index in [9.17, 15) is 14.5 Å². The zero-order valence-corrected chi connectivity index (χ0v) is 11.9. The van der Waals surface area contributed by atoms with Gasteiger partial charge in [0.25, 0.3) is 5.69 Å². The number of nitro benzene ring substituents is 1. The second-order valence-electron chi connectivity index (χ2n) is 5.19. The van der Waals surface area contributed by atoms with Crippen LogP contribution in [0.15, 0.2) is 23.4 Å². The van der Waals surface area contributed by atoms with Crippen LogP contribution >= 0.6 is 0 Å². The van der Waals surface area contributed by atoms with Crippen LogP contribution in [0.3, 0.4) is 0 Å². The molecule has 1 aromatic carbocycles. The van der Waals surface area contributed by atoms with Gasteiger partial charge in [0.1, 0.15) is 5.84 Å². The van der Waals surface area contributed by atoms with Crippen molar-refractivity contribution in [1.29, 1.82) is 0 Å². The minimum absolute atomic E-state index is 0.0396. The third-order valence-electron chi connectivity index (χ3n) is 3.13. The fourth-order valence-electron chi connectivity index (χ4n) is 1.68. The van der Waals surface area contributed by atoms with Gasteiger partial charge in [-0.1, -0.05) is 19.0 Å². The Balaban J connectivity index is 2.52. The van der Waals surface area contributed by atoms with Gasteiger partial charge in [-0.3, -0.25) is 10.1 Å². The van der Waals surface area contributed by atoms with Crippen LogP contribution in [-0.4, -0.2) is 22.6 Å². The Kier molecular flexibility index (Phi) is 5.45. The van der Waals surface area contributed by atoms with E-state index in [0.717, 1.165) is 6.07 Å². The molecule has 0 bridgehead atoms. The summed E-state index contributed by atoms with van der Waals surface area (Å²) in [4.78, 5) is 9.81. The minimum Gasteiger partial charge on any atom is -0.491 e. The van der Waals surface area contributed by atoms with Gasteiger partial charge in [0.2, 0.25) is 0 Å². The average molecular weight is 299 g/mol. The van der Waals surface area contributed by atoms with Crippen molar-refractivity contribution in [2.45, 2.75) is 26.7 Å². The number of non-ortho nitro benzene ring substituents is 1. The van der Waals surface area contributed by atoms with Crippen molar-refractivity contribution in [2.75, 3.05) is 6.61 Å². The first-order chi connectivity index (χ1) is 9.77. The summed E-state index contributed by atoms with van der Waals surface area (Å²) in [5, 5.41) is 22.1. The normalized spacial score (nSPS) is 12.2. The highest BCUT2D eigenvalue weighted by Gasteiger charge is 2.23. The molecule has 0 unspecified atom stereocenters. The fraction of sp³-hybridized carbons (Fsp3) is 0.462. The van der Waals surface area contributed by atoms with E-state index in [4.69, 9.17) is 15.7 Å². The van der Waals surface area contributed by atoms with Crippen molar-refractivity contribution < 1.29 is 19.3 Å². The van der Waals surface area contributed by atoms with Crippen LogP contribution < -0.4 is 10.5 Å². The van der Waals surface area contributed by atoms with Crippen molar-refractivity contribution in [3.05, 3.63) is 34.1 Å². The van der Waals surface area contributed by atoms with E-state index in [1.54, 1.807) is 0 Å². The lowest BCUT2D eigenvalue weighted by Gasteiger charge is -2.22. The number of amidine groups is 1. The number of halogens is 1. The van der Waals surface area contributed by atoms with Gasteiger partial charge in [-0.05, 0) is 18.9 Å². The van der Waals surface area contributed by atoms with Gasteiger partial charge in [-0.15, -0.1) is 0 Å². The standard InChI is InChI=1S/C13H18FN3O4/c1-13(2,12(15)16-18)6-3-7-21-11-5-4-9(17(19)20)8-10(11)14/h4-5,8,18H,3,6-7H2,1-2H3,(H2,15,16). The molecule has 3 N–H and O–H groups in total. The first-order valence-corrected chi connectivity index (χ1v) is 6.32. The number of benzene rings is 1. The maximum absolute atomic E-state index is 13.6. The van der Waals surface area contributed by atoms with Crippen LogP contribution in [0.4, 0.5) is 10.1 Å². The van der Waals surface area contributed by atoms with Crippen LogP contribution in [0.2, 0.25) is 0 Å². The van der Waals surface area contributed by atoms with Crippen molar-refractivity contribution in [3.8, 4) is 5.75 Å². The Morgan fingerprint density at radius 2 is 2.24 bits per heavy atom. The maximum Gasteiger partial charge on any atom is 0.272 e. The Morgan fingerprint density at radius 1 is 1.57 bits per heavy atom.